The number of rotatable bonds is 7. The van der Waals surface area contributed by atoms with E-state index < -0.39 is 18.5 Å². The Hall–Kier alpha value is -1.20. The van der Waals surface area contributed by atoms with Gasteiger partial charge in [-0.15, -0.1) is 0 Å². The van der Waals surface area contributed by atoms with Gasteiger partial charge >= 0.3 is 5.97 Å². The summed E-state index contributed by atoms with van der Waals surface area (Å²) in [5.41, 5.74) is 6.54. The molecule has 1 unspecified atom stereocenters. The Labute approximate surface area is 136 Å². The number of benzene rings is 1. The first-order valence-corrected chi connectivity index (χ1v) is 9.77. The summed E-state index contributed by atoms with van der Waals surface area (Å²) in [7, 11) is -3.75. The molecule has 4 N–H and O–H groups in total. The third-order valence-electron chi connectivity index (χ3n) is 4.56. The highest BCUT2D eigenvalue weighted by molar-refractivity contribution is 7.61. The summed E-state index contributed by atoms with van der Waals surface area (Å²) in [4.78, 5) is 24.2. The molecule has 7 heteroatoms. The van der Waals surface area contributed by atoms with Crippen LogP contribution < -0.4 is 5.73 Å². The number of hydrogen-bond acceptors (Lipinski definition) is 4. The number of hydrogen-bond donors (Lipinski definition) is 3. The van der Waals surface area contributed by atoms with Crippen molar-refractivity contribution in [2.24, 2.45) is 5.73 Å². The second-order valence-electron chi connectivity index (χ2n) is 6.20. The second-order valence-corrected chi connectivity index (χ2v) is 8.91. The van der Waals surface area contributed by atoms with Crippen LogP contribution in [0.1, 0.15) is 24.8 Å². The quantitative estimate of drug-likeness (QED) is 0.516. The standard InChI is InChI=1S/C16H25N2O4P/c17-9-5-4-8-16(15(19)20)13-18(10-11-23(16,21)22)12-14-6-2-1-3-7-14/h1-3,6-7H,4-5,8-13,17H2,(H,19,20)(H,21,22)/t16-/m0/s1. The Bertz CT molecular complexity index is 581. The highest BCUT2D eigenvalue weighted by Crippen LogP contribution is 2.59. The molecule has 1 saturated heterocycles. The number of carbonyl (C=O) groups is 1. The highest BCUT2D eigenvalue weighted by Gasteiger charge is 2.56. The van der Waals surface area contributed by atoms with Crippen LogP contribution in [0.3, 0.4) is 0 Å². The summed E-state index contributed by atoms with van der Waals surface area (Å²) in [5, 5.41) is 8.14. The molecule has 0 spiro atoms. The van der Waals surface area contributed by atoms with E-state index in [1.54, 1.807) is 0 Å². The molecule has 0 aromatic heterocycles. The lowest BCUT2D eigenvalue weighted by molar-refractivity contribution is -0.141. The third kappa shape index (κ3) is 4.01. The van der Waals surface area contributed by atoms with E-state index in [1.807, 2.05) is 35.2 Å². The van der Waals surface area contributed by atoms with Crippen molar-refractivity contribution < 1.29 is 19.4 Å². The molecular formula is C16H25N2O4P. The number of unbranched alkanes of at least 4 members (excludes halogenated alkanes) is 1. The van der Waals surface area contributed by atoms with Gasteiger partial charge < -0.3 is 15.7 Å². The summed E-state index contributed by atoms with van der Waals surface area (Å²) in [5.74, 6) is -1.17. The molecule has 2 rings (SSSR count). The maximum atomic E-state index is 12.6. The Kier molecular flexibility index (Phi) is 5.98. The molecule has 1 aliphatic rings. The number of carboxylic acids is 1. The van der Waals surface area contributed by atoms with Gasteiger partial charge in [0.1, 0.15) is 0 Å². The van der Waals surface area contributed by atoms with E-state index in [2.05, 4.69) is 0 Å². The Morgan fingerprint density at radius 3 is 2.61 bits per heavy atom. The van der Waals surface area contributed by atoms with Crippen LogP contribution in [0.25, 0.3) is 0 Å². The first-order chi connectivity index (χ1) is 10.9. The molecular weight excluding hydrogens is 315 g/mol. The summed E-state index contributed by atoms with van der Waals surface area (Å²) in [6, 6.07) is 9.74. The van der Waals surface area contributed by atoms with Gasteiger partial charge in [-0.3, -0.25) is 14.3 Å². The van der Waals surface area contributed by atoms with E-state index in [0.29, 0.717) is 32.5 Å². The van der Waals surface area contributed by atoms with Gasteiger partial charge in [0.15, 0.2) is 5.16 Å². The average molecular weight is 340 g/mol. The number of nitrogens with zero attached hydrogens (tertiary/aromatic N) is 1. The van der Waals surface area contributed by atoms with E-state index in [-0.39, 0.29) is 19.1 Å². The molecule has 2 atom stereocenters. The van der Waals surface area contributed by atoms with Gasteiger partial charge in [0.2, 0.25) is 7.37 Å². The molecule has 0 radical (unpaired) electrons. The molecule has 0 bridgehead atoms. The Morgan fingerprint density at radius 1 is 1.30 bits per heavy atom. The predicted octanol–water partition coefficient (Wildman–Crippen LogP) is 1.72. The Morgan fingerprint density at radius 2 is 2.00 bits per heavy atom. The lowest BCUT2D eigenvalue weighted by atomic mass is 9.99. The van der Waals surface area contributed by atoms with Crippen LogP contribution >= 0.6 is 7.37 Å². The van der Waals surface area contributed by atoms with Crippen molar-refractivity contribution in [3.8, 4) is 0 Å². The maximum Gasteiger partial charge on any atom is 0.320 e. The largest absolute Gasteiger partial charge is 0.480 e. The van der Waals surface area contributed by atoms with Gasteiger partial charge in [-0.1, -0.05) is 36.8 Å². The van der Waals surface area contributed by atoms with Crippen LogP contribution in [0.5, 0.6) is 0 Å². The van der Waals surface area contributed by atoms with Gasteiger partial charge in [0, 0.05) is 25.8 Å². The number of carboxylic acid groups (broad SMARTS) is 1. The van der Waals surface area contributed by atoms with Gasteiger partial charge in [0.05, 0.1) is 0 Å². The van der Waals surface area contributed by atoms with Gasteiger partial charge in [0.25, 0.3) is 0 Å². The average Bonchev–Trinajstić information content (AvgIpc) is 2.51. The summed E-state index contributed by atoms with van der Waals surface area (Å²) >= 11 is 0. The SMILES string of the molecule is NCCCC[C@@]1(C(=O)O)CN(Cc2ccccc2)CCP1(=O)O. The van der Waals surface area contributed by atoms with E-state index >= 15 is 0 Å². The maximum absolute atomic E-state index is 12.6. The molecule has 0 saturated carbocycles. The molecule has 128 valence electrons. The predicted molar refractivity (Wildman–Crippen MR) is 89.7 cm³/mol. The smallest absolute Gasteiger partial charge is 0.320 e. The van der Waals surface area contributed by atoms with E-state index in [0.717, 1.165) is 5.56 Å². The van der Waals surface area contributed by atoms with Crippen molar-refractivity contribution in [2.75, 3.05) is 25.8 Å². The van der Waals surface area contributed by atoms with Crippen LogP contribution in [-0.2, 0) is 15.9 Å². The van der Waals surface area contributed by atoms with Crippen molar-refractivity contribution in [2.45, 2.75) is 31.0 Å². The summed E-state index contributed by atoms with van der Waals surface area (Å²) in [6.45, 7) is 1.59. The fourth-order valence-electron chi connectivity index (χ4n) is 3.17. The minimum absolute atomic E-state index is 0.0226. The van der Waals surface area contributed by atoms with E-state index in [1.165, 1.54) is 0 Å². The molecule has 23 heavy (non-hydrogen) atoms. The molecule has 0 amide bonds. The summed E-state index contributed by atoms with van der Waals surface area (Å²) in [6.07, 6.45) is 1.42. The summed E-state index contributed by atoms with van der Waals surface area (Å²) < 4.78 is 12.6. The van der Waals surface area contributed by atoms with Crippen molar-refractivity contribution in [3.63, 3.8) is 0 Å². The van der Waals surface area contributed by atoms with Crippen molar-refractivity contribution >= 4 is 13.3 Å². The monoisotopic (exact) mass is 340 g/mol. The zero-order valence-electron chi connectivity index (χ0n) is 13.2. The minimum Gasteiger partial charge on any atom is -0.480 e. The number of aliphatic carboxylic acids is 1. The molecule has 1 aliphatic heterocycles. The molecule has 6 nitrogen and oxygen atoms in total. The first-order valence-electron chi connectivity index (χ1n) is 7.93. The second kappa shape index (κ2) is 7.58. The molecule has 1 fully saturated rings. The number of nitrogens with two attached hydrogens (primary N) is 1. The molecule has 1 aromatic rings. The normalized spacial score (nSPS) is 28.6. The van der Waals surface area contributed by atoms with Gasteiger partial charge in [-0.25, -0.2) is 0 Å². The van der Waals surface area contributed by atoms with E-state index in [9.17, 15) is 19.4 Å². The van der Waals surface area contributed by atoms with E-state index in [4.69, 9.17) is 5.73 Å². The van der Waals surface area contributed by atoms with Crippen LogP contribution in [0.15, 0.2) is 30.3 Å². The molecule has 1 heterocycles. The van der Waals surface area contributed by atoms with Gasteiger partial charge in [-0.05, 0) is 24.9 Å². The lowest BCUT2D eigenvalue weighted by Crippen LogP contribution is -2.53. The molecule has 0 aliphatic carbocycles. The third-order valence-corrected chi connectivity index (χ3v) is 7.27. The lowest BCUT2D eigenvalue weighted by Gasteiger charge is -2.43. The van der Waals surface area contributed by atoms with Crippen molar-refractivity contribution in [1.29, 1.82) is 0 Å². The van der Waals surface area contributed by atoms with Gasteiger partial charge in [-0.2, -0.15) is 0 Å². The van der Waals surface area contributed by atoms with Crippen molar-refractivity contribution in [3.05, 3.63) is 35.9 Å². The topological polar surface area (TPSA) is 104 Å². The zero-order chi connectivity index (χ0) is 16.9. The zero-order valence-corrected chi connectivity index (χ0v) is 14.1. The fourth-order valence-corrected chi connectivity index (χ4v) is 5.38. The van der Waals surface area contributed by atoms with Crippen LogP contribution in [0.4, 0.5) is 0 Å². The minimum atomic E-state index is -3.75. The fraction of sp³-hybridized carbons (Fsp3) is 0.562. The Balaban J connectivity index is 2.18. The van der Waals surface area contributed by atoms with Crippen LogP contribution in [0, 0.1) is 0 Å². The highest BCUT2D eigenvalue weighted by atomic mass is 31.2. The van der Waals surface area contributed by atoms with Crippen molar-refractivity contribution in [1.82, 2.24) is 4.90 Å². The van der Waals surface area contributed by atoms with Crippen LogP contribution in [-0.4, -0.2) is 51.8 Å². The first kappa shape index (κ1) is 18.1. The molecule has 1 aromatic carbocycles. The van der Waals surface area contributed by atoms with Crippen LogP contribution in [0.2, 0.25) is 0 Å².